The van der Waals surface area contributed by atoms with Crippen LogP contribution in [0.3, 0.4) is 0 Å². The average molecular weight is 439 g/mol. The number of thioether (sulfide) groups is 1. The Morgan fingerprint density at radius 2 is 2.03 bits per heavy atom. The van der Waals surface area contributed by atoms with Crippen LogP contribution in [0, 0.1) is 13.8 Å². The van der Waals surface area contributed by atoms with Crippen molar-refractivity contribution in [3.05, 3.63) is 58.7 Å². The van der Waals surface area contributed by atoms with Gasteiger partial charge in [0.05, 0.1) is 5.56 Å². The molecule has 5 rings (SSSR count). The normalized spacial score (nSPS) is 19.5. The molecule has 0 radical (unpaired) electrons. The van der Waals surface area contributed by atoms with Crippen molar-refractivity contribution in [2.45, 2.75) is 52.1 Å². The van der Waals surface area contributed by atoms with Crippen LogP contribution in [0.1, 0.15) is 47.2 Å². The van der Waals surface area contributed by atoms with Gasteiger partial charge in [0.2, 0.25) is 5.88 Å². The van der Waals surface area contributed by atoms with Crippen molar-refractivity contribution >= 4 is 11.8 Å². The highest BCUT2D eigenvalue weighted by molar-refractivity contribution is 7.99. The second kappa shape index (κ2) is 8.61. The lowest BCUT2D eigenvalue weighted by Gasteiger charge is -2.33. The number of aliphatic hydroxyl groups excluding tert-OH is 1. The van der Waals surface area contributed by atoms with Gasteiger partial charge in [-0.3, -0.25) is 9.88 Å². The van der Waals surface area contributed by atoms with Crippen LogP contribution < -0.4 is 4.74 Å². The van der Waals surface area contributed by atoms with E-state index in [0.717, 1.165) is 64.5 Å². The van der Waals surface area contributed by atoms with Crippen molar-refractivity contribution in [2.24, 2.45) is 0 Å². The Morgan fingerprint density at radius 1 is 1.19 bits per heavy atom. The maximum Gasteiger partial charge on any atom is 0.213 e. The molecule has 3 aromatic heterocycles. The Balaban J connectivity index is 1.31. The number of aryl methyl sites for hydroxylation is 2. The van der Waals surface area contributed by atoms with Crippen LogP contribution in [-0.2, 0) is 13.2 Å². The Hall–Kier alpha value is -2.42. The van der Waals surface area contributed by atoms with E-state index < -0.39 is 6.23 Å². The topological polar surface area (TPSA) is 84.5 Å². The summed E-state index contributed by atoms with van der Waals surface area (Å²) in [5, 5.41) is 15.0. The fraction of sp³-hybridized carbons (Fsp3) is 0.435. The fourth-order valence-corrected chi connectivity index (χ4v) is 5.37. The summed E-state index contributed by atoms with van der Waals surface area (Å²) >= 11 is 1.99. The minimum Gasteiger partial charge on any atom is -0.473 e. The van der Waals surface area contributed by atoms with Gasteiger partial charge in [-0.25, -0.2) is 4.98 Å². The van der Waals surface area contributed by atoms with E-state index in [1.54, 1.807) is 12.4 Å². The zero-order valence-corrected chi connectivity index (χ0v) is 18.6. The lowest BCUT2D eigenvalue weighted by Crippen LogP contribution is -2.36. The summed E-state index contributed by atoms with van der Waals surface area (Å²) in [7, 11) is 0. The minimum atomic E-state index is -0.578. The summed E-state index contributed by atoms with van der Waals surface area (Å²) < 4.78 is 11.4. The summed E-state index contributed by atoms with van der Waals surface area (Å²) in [5.41, 5.74) is 5.44. The van der Waals surface area contributed by atoms with Gasteiger partial charge in [0.1, 0.15) is 24.3 Å². The van der Waals surface area contributed by atoms with Gasteiger partial charge in [-0.15, -0.1) is 0 Å². The molecule has 162 valence electrons. The second-order valence-electron chi connectivity index (χ2n) is 8.15. The van der Waals surface area contributed by atoms with Crippen LogP contribution in [0.25, 0.3) is 11.3 Å². The molecule has 0 aliphatic carbocycles. The number of pyridine rings is 2. The molecule has 0 aromatic carbocycles. The fourth-order valence-electron chi connectivity index (χ4n) is 4.28. The monoisotopic (exact) mass is 438 g/mol. The van der Waals surface area contributed by atoms with E-state index in [2.05, 4.69) is 20.0 Å². The molecule has 0 bridgehead atoms. The van der Waals surface area contributed by atoms with E-state index in [1.807, 2.05) is 43.8 Å². The first kappa shape index (κ1) is 20.5. The predicted octanol–water partition coefficient (Wildman–Crippen LogP) is 4.03. The van der Waals surface area contributed by atoms with E-state index in [9.17, 15) is 5.11 Å². The van der Waals surface area contributed by atoms with Crippen molar-refractivity contribution in [1.82, 2.24) is 20.0 Å². The van der Waals surface area contributed by atoms with Gasteiger partial charge in [-0.2, -0.15) is 11.8 Å². The zero-order valence-electron chi connectivity index (χ0n) is 17.7. The first-order valence-electron chi connectivity index (χ1n) is 10.6. The highest BCUT2D eigenvalue weighted by atomic mass is 32.2. The number of rotatable bonds is 5. The molecular weight excluding hydrogens is 412 g/mol. The van der Waals surface area contributed by atoms with Crippen LogP contribution in [0.15, 0.2) is 35.1 Å². The van der Waals surface area contributed by atoms with Crippen LogP contribution in [-0.4, -0.2) is 42.7 Å². The van der Waals surface area contributed by atoms with Crippen LogP contribution in [0.4, 0.5) is 0 Å². The van der Waals surface area contributed by atoms with Gasteiger partial charge >= 0.3 is 0 Å². The Bertz CT molecular complexity index is 1060. The Kier molecular flexibility index (Phi) is 5.69. The number of fused-ring (bicyclic) bond motifs is 1. The molecule has 0 saturated carbocycles. The molecule has 2 aliphatic heterocycles. The molecule has 7 nitrogen and oxygen atoms in total. The highest BCUT2D eigenvalue weighted by Crippen LogP contribution is 2.37. The molecule has 1 atom stereocenters. The van der Waals surface area contributed by atoms with Gasteiger partial charge in [0.15, 0.2) is 0 Å². The summed E-state index contributed by atoms with van der Waals surface area (Å²) in [6.45, 7) is 4.87. The summed E-state index contributed by atoms with van der Waals surface area (Å²) in [5.74, 6) is 3.58. The molecule has 1 saturated heterocycles. The first-order valence-corrected chi connectivity index (χ1v) is 11.8. The smallest absolute Gasteiger partial charge is 0.213 e. The molecular formula is C23H26N4O3S. The molecule has 1 fully saturated rings. The molecule has 2 aliphatic rings. The molecule has 1 unspecified atom stereocenters. The van der Waals surface area contributed by atoms with E-state index in [4.69, 9.17) is 9.26 Å². The molecule has 5 heterocycles. The highest BCUT2D eigenvalue weighted by Gasteiger charge is 2.35. The van der Waals surface area contributed by atoms with E-state index in [1.165, 1.54) is 0 Å². The van der Waals surface area contributed by atoms with Crippen LogP contribution >= 0.6 is 11.8 Å². The Labute approximate surface area is 185 Å². The maximum absolute atomic E-state index is 10.8. The molecule has 31 heavy (non-hydrogen) atoms. The lowest BCUT2D eigenvalue weighted by molar-refractivity contribution is -0.0192. The van der Waals surface area contributed by atoms with Gasteiger partial charge < -0.3 is 14.4 Å². The van der Waals surface area contributed by atoms with Crippen molar-refractivity contribution in [2.75, 3.05) is 11.5 Å². The molecule has 0 spiro atoms. The number of aliphatic hydroxyl groups is 1. The quantitative estimate of drug-likeness (QED) is 0.639. The average Bonchev–Trinajstić information content (AvgIpc) is 3.33. The third-order valence-corrected chi connectivity index (χ3v) is 7.19. The largest absolute Gasteiger partial charge is 0.473 e. The van der Waals surface area contributed by atoms with Gasteiger partial charge in [-0.1, -0.05) is 5.16 Å². The minimum absolute atomic E-state index is 0.302. The lowest BCUT2D eigenvalue weighted by atomic mass is 10.1. The maximum atomic E-state index is 10.8. The first-order chi connectivity index (χ1) is 15.1. The number of nitrogens with zero attached hydrogens (tertiary/aromatic N) is 4. The van der Waals surface area contributed by atoms with Gasteiger partial charge in [0.25, 0.3) is 0 Å². The van der Waals surface area contributed by atoms with E-state index in [0.29, 0.717) is 24.3 Å². The van der Waals surface area contributed by atoms with Crippen molar-refractivity contribution < 1.29 is 14.4 Å². The van der Waals surface area contributed by atoms with Crippen LogP contribution in [0.2, 0.25) is 0 Å². The number of hydrogen-bond acceptors (Lipinski definition) is 8. The predicted molar refractivity (Wildman–Crippen MR) is 119 cm³/mol. The van der Waals surface area contributed by atoms with Crippen molar-refractivity contribution in [3.8, 4) is 17.1 Å². The van der Waals surface area contributed by atoms with E-state index >= 15 is 0 Å². The molecule has 1 N–H and O–H groups in total. The third kappa shape index (κ3) is 4.07. The van der Waals surface area contributed by atoms with Crippen LogP contribution in [0.5, 0.6) is 5.88 Å². The molecule has 3 aromatic rings. The zero-order chi connectivity index (χ0) is 21.4. The van der Waals surface area contributed by atoms with Crippen molar-refractivity contribution in [3.63, 3.8) is 0 Å². The van der Waals surface area contributed by atoms with E-state index in [-0.39, 0.29) is 0 Å². The number of aromatic nitrogens is 3. The van der Waals surface area contributed by atoms with Gasteiger partial charge in [0, 0.05) is 47.9 Å². The number of ether oxygens (including phenoxy) is 1. The summed E-state index contributed by atoms with van der Waals surface area (Å²) in [6.07, 6.45) is 5.21. The summed E-state index contributed by atoms with van der Waals surface area (Å²) in [4.78, 5) is 11.0. The SMILES string of the molecule is Cc1ccc(-c2noc(C)c2COc2cc3c(cn2)C(O)N(C2CCSCC2)C3)cn1. The van der Waals surface area contributed by atoms with Gasteiger partial charge in [-0.05, 0) is 55.9 Å². The standard InChI is InChI=1S/C23H26N4O3S/c1-14-3-4-16(10-24-14)22-20(15(2)30-26-22)13-29-21-9-17-12-27(18-5-7-31-8-6-18)23(28)19(17)11-25-21/h3-4,9-11,18,23,28H,5-8,12-13H2,1-2H3. The molecule has 0 amide bonds. The summed E-state index contributed by atoms with van der Waals surface area (Å²) in [6, 6.07) is 6.31. The second-order valence-corrected chi connectivity index (χ2v) is 9.38. The third-order valence-electron chi connectivity index (χ3n) is 6.14. The Morgan fingerprint density at radius 3 is 2.81 bits per heavy atom. The number of hydrogen-bond donors (Lipinski definition) is 1. The molecule has 8 heteroatoms. The van der Waals surface area contributed by atoms with Crippen molar-refractivity contribution in [1.29, 1.82) is 0 Å².